The van der Waals surface area contributed by atoms with Gasteiger partial charge in [-0.3, -0.25) is 9.59 Å². The first-order valence-electron chi connectivity index (χ1n) is 9.41. The van der Waals surface area contributed by atoms with Gasteiger partial charge in [-0.25, -0.2) is 0 Å². The van der Waals surface area contributed by atoms with Gasteiger partial charge >= 0.3 is 0 Å². The lowest BCUT2D eigenvalue weighted by molar-refractivity contribution is -0.132. The van der Waals surface area contributed by atoms with Crippen LogP contribution in [-0.4, -0.2) is 42.8 Å². The number of carbonyl (C=O) groups is 2. The minimum absolute atomic E-state index is 0.0140. The highest BCUT2D eigenvalue weighted by atomic mass is 16.5. The van der Waals surface area contributed by atoms with E-state index in [1.54, 1.807) is 24.3 Å². The number of ketones is 1. The van der Waals surface area contributed by atoms with E-state index in [1.807, 2.05) is 30.0 Å². The largest absolute Gasteiger partial charge is 0.484 e. The van der Waals surface area contributed by atoms with Crippen molar-refractivity contribution in [1.82, 2.24) is 4.90 Å². The first kappa shape index (κ1) is 19.1. The molecule has 1 amide bonds. The summed E-state index contributed by atoms with van der Waals surface area (Å²) in [5, 5.41) is 0. The van der Waals surface area contributed by atoms with Crippen LogP contribution in [0.3, 0.4) is 0 Å². The van der Waals surface area contributed by atoms with Crippen molar-refractivity contribution in [3.05, 3.63) is 65.7 Å². The van der Waals surface area contributed by atoms with E-state index in [4.69, 9.17) is 10.5 Å². The van der Waals surface area contributed by atoms with Gasteiger partial charge in [0.05, 0.1) is 0 Å². The van der Waals surface area contributed by atoms with E-state index in [0.29, 0.717) is 37.4 Å². The molecule has 0 spiro atoms. The number of hydrogen-bond acceptors (Lipinski definition) is 4. The van der Waals surface area contributed by atoms with E-state index in [9.17, 15) is 9.59 Å². The molecule has 0 unspecified atom stereocenters. The fourth-order valence-electron chi connectivity index (χ4n) is 3.57. The highest BCUT2D eigenvalue weighted by Gasteiger charge is 2.35. The zero-order valence-electron chi connectivity index (χ0n) is 15.6. The van der Waals surface area contributed by atoms with Crippen LogP contribution >= 0.6 is 0 Å². The molecule has 5 heteroatoms. The summed E-state index contributed by atoms with van der Waals surface area (Å²) in [6.45, 7) is 3.69. The molecular formula is C22H26N2O3. The summed E-state index contributed by atoms with van der Waals surface area (Å²) in [5.74, 6) is 1.16. The summed E-state index contributed by atoms with van der Waals surface area (Å²) in [5.41, 5.74) is 7.82. The van der Waals surface area contributed by atoms with Crippen molar-refractivity contribution in [3.63, 3.8) is 0 Å². The molecule has 0 aliphatic carbocycles. The Balaban J connectivity index is 1.57. The second kappa shape index (κ2) is 8.82. The Labute approximate surface area is 160 Å². The third-order valence-electron chi connectivity index (χ3n) is 5.18. The van der Waals surface area contributed by atoms with Crippen LogP contribution in [0.1, 0.15) is 35.2 Å². The van der Waals surface area contributed by atoms with Crippen molar-refractivity contribution in [2.45, 2.75) is 19.3 Å². The molecule has 1 saturated heterocycles. The number of benzene rings is 2. The molecule has 27 heavy (non-hydrogen) atoms. The Morgan fingerprint density at radius 2 is 1.78 bits per heavy atom. The van der Waals surface area contributed by atoms with Crippen LogP contribution in [0.2, 0.25) is 0 Å². The summed E-state index contributed by atoms with van der Waals surface area (Å²) in [4.78, 5) is 26.1. The summed E-state index contributed by atoms with van der Waals surface area (Å²) >= 11 is 0. The van der Waals surface area contributed by atoms with E-state index in [-0.39, 0.29) is 30.1 Å². The molecule has 1 heterocycles. The van der Waals surface area contributed by atoms with Crippen LogP contribution in [-0.2, 0) is 4.79 Å². The van der Waals surface area contributed by atoms with Gasteiger partial charge in [-0.05, 0) is 42.3 Å². The zero-order chi connectivity index (χ0) is 19.2. The van der Waals surface area contributed by atoms with Crippen LogP contribution in [0.5, 0.6) is 5.75 Å². The normalized spacial score (nSPS) is 19.1. The van der Waals surface area contributed by atoms with Gasteiger partial charge in [0.1, 0.15) is 5.75 Å². The lowest BCUT2D eigenvalue weighted by Gasteiger charge is -2.17. The Morgan fingerprint density at radius 3 is 2.41 bits per heavy atom. The minimum atomic E-state index is -0.0411. The Kier molecular flexibility index (Phi) is 6.24. The standard InChI is InChI=1S/C22H26N2O3/c1-2-21(25)17-8-10-19(11-9-17)27-15-22(26)24-13-18(12-23)20(14-24)16-6-4-3-5-7-16/h3-11,18,20H,2,12-15,23H2,1H3/t18-,20+/m1/s1. The smallest absolute Gasteiger partial charge is 0.260 e. The number of Topliss-reactive ketones (excluding diaryl/α,β-unsaturated/α-hetero) is 1. The first-order valence-corrected chi connectivity index (χ1v) is 9.41. The molecule has 1 aliphatic rings. The molecule has 1 aliphatic heterocycles. The average molecular weight is 366 g/mol. The van der Waals surface area contributed by atoms with E-state index >= 15 is 0 Å². The molecule has 2 aromatic rings. The first-order chi connectivity index (χ1) is 13.1. The molecule has 142 valence electrons. The van der Waals surface area contributed by atoms with Gasteiger partial charge in [0.15, 0.2) is 12.4 Å². The molecular weight excluding hydrogens is 340 g/mol. The van der Waals surface area contributed by atoms with Gasteiger partial charge in [0, 0.05) is 31.0 Å². The predicted octanol–water partition coefficient (Wildman–Crippen LogP) is 2.86. The predicted molar refractivity (Wildman–Crippen MR) is 105 cm³/mol. The highest BCUT2D eigenvalue weighted by molar-refractivity contribution is 5.95. The summed E-state index contributed by atoms with van der Waals surface area (Å²) in [6, 6.07) is 17.1. The summed E-state index contributed by atoms with van der Waals surface area (Å²) in [7, 11) is 0. The Bertz CT molecular complexity index is 774. The lowest BCUT2D eigenvalue weighted by Crippen LogP contribution is -2.33. The van der Waals surface area contributed by atoms with Crippen LogP contribution in [0, 0.1) is 5.92 Å². The van der Waals surface area contributed by atoms with Crippen molar-refractivity contribution in [2.75, 3.05) is 26.2 Å². The fraction of sp³-hybridized carbons (Fsp3) is 0.364. The highest BCUT2D eigenvalue weighted by Crippen LogP contribution is 2.32. The molecule has 0 radical (unpaired) electrons. The van der Waals surface area contributed by atoms with Crippen LogP contribution < -0.4 is 10.5 Å². The molecule has 0 aromatic heterocycles. The van der Waals surface area contributed by atoms with Crippen LogP contribution in [0.15, 0.2) is 54.6 Å². The maximum atomic E-state index is 12.6. The van der Waals surface area contributed by atoms with Gasteiger partial charge in [0.2, 0.25) is 0 Å². The second-order valence-electron chi connectivity index (χ2n) is 6.90. The van der Waals surface area contributed by atoms with E-state index in [1.165, 1.54) is 5.56 Å². The average Bonchev–Trinajstić information content (AvgIpc) is 3.17. The SMILES string of the molecule is CCC(=O)c1ccc(OCC(=O)N2C[C@@H](CN)[C@H](c3ccccc3)C2)cc1. The number of amides is 1. The van der Waals surface area contributed by atoms with E-state index in [2.05, 4.69) is 12.1 Å². The maximum Gasteiger partial charge on any atom is 0.260 e. The summed E-state index contributed by atoms with van der Waals surface area (Å²) in [6.07, 6.45) is 0.471. The van der Waals surface area contributed by atoms with Crippen LogP contribution in [0.4, 0.5) is 0 Å². The van der Waals surface area contributed by atoms with Gasteiger partial charge < -0.3 is 15.4 Å². The minimum Gasteiger partial charge on any atom is -0.484 e. The fourth-order valence-corrected chi connectivity index (χ4v) is 3.57. The molecule has 2 N–H and O–H groups in total. The monoisotopic (exact) mass is 366 g/mol. The molecule has 0 saturated carbocycles. The van der Waals surface area contributed by atoms with Crippen molar-refractivity contribution >= 4 is 11.7 Å². The quantitative estimate of drug-likeness (QED) is 0.765. The van der Waals surface area contributed by atoms with Crippen molar-refractivity contribution in [2.24, 2.45) is 11.7 Å². The van der Waals surface area contributed by atoms with Gasteiger partial charge in [-0.2, -0.15) is 0 Å². The number of hydrogen-bond donors (Lipinski definition) is 1. The topological polar surface area (TPSA) is 72.6 Å². The van der Waals surface area contributed by atoms with Crippen molar-refractivity contribution < 1.29 is 14.3 Å². The number of carbonyl (C=O) groups excluding carboxylic acids is 2. The van der Waals surface area contributed by atoms with Crippen molar-refractivity contribution in [1.29, 1.82) is 0 Å². The molecule has 2 atom stereocenters. The molecule has 5 nitrogen and oxygen atoms in total. The van der Waals surface area contributed by atoms with Gasteiger partial charge in [-0.15, -0.1) is 0 Å². The number of rotatable bonds is 7. The molecule has 0 bridgehead atoms. The Morgan fingerprint density at radius 1 is 1.07 bits per heavy atom. The number of likely N-dealkylation sites (tertiary alicyclic amines) is 1. The maximum absolute atomic E-state index is 12.6. The number of nitrogens with zero attached hydrogens (tertiary/aromatic N) is 1. The molecule has 1 fully saturated rings. The Hall–Kier alpha value is -2.66. The third kappa shape index (κ3) is 4.55. The van der Waals surface area contributed by atoms with Crippen molar-refractivity contribution in [3.8, 4) is 5.75 Å². The number of ether oxygens (including phenoxy) is 1. The summed E-state index contributed by atoms with van der Waals surface area (Å²) < 4.78 is 5.62. The number of nitrogens with two attached hydrogens (primary N) is 1. The second-order valence-corrected chi connectivity index (χ2v) is 6.90. The van der Waals surface area contributed by atoms with Crippen LogP contribution in [0.25, 0.3) is 0 Å². The lowest BCUT2D eigenvalue weighted by atomic mass is 9.89. The van der Waals surface area contributed by atoms with E-state index in [0.717, 1.165) is 0 Å². The third-order valence-corrected chi connectivity index (χ3v) is 5.18. The van der Waals surface area contributed by atoms with Gasteiger partial charge in [0.25, 0.3) is 5.91 Å². The molecule has 2 aromatic carbocycles. The zero-order valence-corrected chi connectivity index (χ0v) is 15.6. The van der Waals surface area contributed by atoms with Gasteiger partial charge in [-0.1, -0.05) is 37.3 Å². The molecule has 3 rings (SSSR count). The van der Waals surface area contributed by atoms with E-state index < -0.39 is 0 Å².